The fourth-order valence-electron chi connectivity index (χ4n) is 3.07. The van der Waals surface area contributed by atoms with Gasteiger partial charge >= 0.3 is 5.97 Å². The minimum absolute atomic E-state index is 0.0825. The molecule has 2 N–H and O–H groups in total. The minimum Gasteiger partial charge on any atom is -0.480 e. The zero-order valence-electron chi connectivity index (χ0n) is 12.9. The fourth-order valence-corrected chi connectivity index (χ4v) is 3.07. The summed E-state index contributed by atoms with van der Waals surface area (Å²) in [7, 11) is 0. The predicted octanol–water partition coefficient (Wildman–Crippen LogP) is 2.33. The molecule has 0 bridgehead atoms. The van der Waals surface area contributed by atoms with E-state index in [2.05, 4.69) is 10.2 Å². The molecule has 124 valence electrons. The number of rotatable bonds is 8. The first-order valence-corrected chi connectivity index (χ1v) is 7.98. The number of nitro benzene ring substituents is 1. The van der Waals surface area contributed by atoms with Gasteiger partial charge in [0, 0.05) is 36.4 Å². The molecule has 0 heterocycles. The number of carbonyl (C=O) groups is 1. The quantitative estimate of drug-likeness (QED) is 0.564. The second kappa shape index (κ2) is 6.54. The molecule has 2 fully saturated rings. The lowest BCUT2D eigenvalue weighted by Gasteiger charge is -2.43. The van der Waals surface area contributed by atoms with E-state index in [0.717, 1.165) is 25.1 Å². The Balaban J connectivity index is 1.49. The number of anilines is 1. The normalized spacial score (nSPS) is 23.3. The van der Waals surface area contributed by atoms with Crippen molar-refractivity contribution in [1.29, 1.82) is 0 Å². The molecule has 0 unspecified atom stereocenters. The lowest BCUT2D eigenvalue weighted by Crippen LogP contribution is -2.52. The molecule has 2 aliphatic rings. The van der Waals surface area contributed by atoms with Crippen molar-refractivity contribution in [3.05, 3.63) is 34.4 Å². The predicted molar refractivity (Wildman–Crippen MR) is 85.5 cm³/mol. The highest BCUT2D eigenvalue weighted by atomic mass is 16.6. The Labute approximate surface area is 134 Å². The van der Waals surface area contributed by atoms with Crippen molar-refractivity contribution >= 4 is 17.3 Å². The maximum Gasteiger partial charge on any atom is 0.317 e. The van der Waals surface area contributed by atoms with Gasteiger partial charge in [-0.25, -0.2) is 0 Å². The summed E-state index contributed by atoms with van der Waals surface area (Å²) in [5, 5.41) is 23.0. The summed E-state index contributed by atoms with van der Waals surface area (Å²) < 4.78 is 0. The van der Waals surface area contributed by atoms with E-state index < -0.39 is 10.9 Å². The first kappa shape index (κ1) is 15.7. The lowest BCUT2D eigenvalue weighted by atomic mass is 9.85. The molecule has 0 saturated heterocycles. The highest BCUT2D eigenvalue weighted by molar-refractivity contribution is 5.69. The molecule has 2 aliphatic carbocycles. The van der Waals surface area contributed by atoms with E-state index in [9.17, 15) is 14.9 Å². The molecule has 1 aromatic rings. The van der Waals surface area contributed by atoms with Gasteiger partial charge in [-0.05, 0) is 43.7 Å². The molecule has 1 aromatic carbocycles. The first-order valence-electron chi connectivity index (χ1n) is 7.98. The van der Waals surface area contributed by atoms with Crippen LogP contribution < -0.4 is 5.32 Å². The molecule has 0 atom stereocenters. The van der Waals surface area contributed by atoms with Gasteiger partial charge in [0.05, 0.1) is 11.5 Å². The Morgan fingerprint density at radius 2 is 1.96 bits per heavy atom. The standard InChI is InChI=1S/C16H21N3O4/c20-16(21)10-18(9-11-1-2-11)15-7-13(8-15)17-12-3-5-14(6-4-12)19(22)23/h3-6,11,13,15,17H,1-2,7-10H2,(H,20,21). The van der Waals surface area contributed by atoms with Crippen LogP contribution in [0.4, 0.5) is 11.4 Å². The van der Waals surface area contributed by atoms with Gasteiger partial charge in [-0.3, -0.25) is 19.8 Å². The smallest absolute Gasteiger partial charge is 0.317 e. The van der Waals surface area contributed by atoms with E-state index >= 15 is 0 Å². The summed E-state index contributed by atoms with van der Waals surface area (Å²) >= 11 is 0. The molecule has 0 aliphatic heterocycles. The van der Waals surface area contributed by atoms with Gasteiger partial charge in [-0.2, -0.15) is 0 Å². The molecule has 7 nitrogen and oxygen atoms in total. The molecule has 23 heavy (non-hydrogen) atoms. The number of nitrogens with zero attached hydrogens (tertiary/aromatic N) is 2. The number of non-ortho nitro benzene ring substituents is 1. The average molecular weight is 319 g/mol. The number of carboxylic acids is 1. The first-order chi connectivity index (χ1) is 11.0. The molecule has 3 rings (SSSR count). The Hall–Kier alpha value is -2.15. The second-order valence-corrected chi connectivity index (χ2v) is 6.54. The number of nitrogens with one attached hydrogen (secondary N) is 1. The van der Waals surface area contributed by atoms with Crippen LogP contribution in [0.5, 0.6) is 0 Å². The van der Waals surface area contributed by atoms with Crippen LogP contribution in [-0.2, 0) is 4.79 Å². The topological polar surface area (TPSA) is 95.7 Å². The Morgan fingerprint density at radius 1 is 1.30 bits per heavy atom. The summed E-state index contributed by atoms with van der Waals surface area (Å²) in [5.41, 5.74) is 0.949. The molecule has 2 saturated carbocycles. The fraction of sp³-hybridized carbons (Fsp3) is 0.562. The third-order valence-corrected chi connectivity index (χ3v) is 4.61. The number of hydrogen-bond donors (Lipinski definition) is 2. The van der Waals surface area contributed by atoms with Crippen LogP contribution >= 0.6 is 0 Å². The third kappa shape index (κ3) is 4.19. The summed E-state index contributed by atoms with van der Waals surface area (Å²) in [5.74, 6) is -0.0894. The maximum atomic E-state index is 11.0. The van der Waals surface area contributed by atoms with E-state index in [-0.39, 0.29) is 12.2 Å². The van der Waals surface area contributed by atoms with Gasteiger partial charge in [-0.1, -0.05) is 0 Å². The van der Waals surface area contributed by atoms with Crippen LogP contribution in [0.1, 0.15) is 25.7 Å². The van der Waals surface area contributed by atoms with Crippen molar-refractivity contribution < 1.29 is 14.8 Å². The van der Waals surface area contributed by atoms with Crippen molar-refractivity contribution in [2.75, 3.05) is 18.4 Å². The van der Waals surface area contributed by atoms with Crippen LogP contribution in [0.2, 0.25) is 0 Å². The molecule has 0 amide bonds. The van der Waals surface area contributed by atoms with Crippen LogP contribution in [0, 0.1) is 16.0 Å². The summed E-state index contributed by atoms with van der Waals surface area (Å²) in [4.78, 5) is 23.3. The van der Waals surface area contributed by atoms with Gasteiger partial charge in [0.2, 0.25) is 0 Å². The zero-order valence-corrected chi connectivity index (χ0v) is 12.9. The van der Waals surface area contributed by atoms with Gasteiger partial charge in [0.25, 0.3) is 5.69 Å². The summed E-state index contributed by atoms with van der Waals surface area (Å²) in [6, 6.07) is 7.03. The number of benzene rings is 1. The number of carboxylic acid groups (broad SMARTS) is 1. The van der Waals surface area contributed by atoms with Crippen molar-refractivity contribution in [3.63, 3.8) is 0 Å². The van der Waals surface area contributed by atoms with Gasteiger partial charge in [0.1, 0.15) is 0 Å². The van der Waals surface area contributed by atoms with Gasteiger partial charge in [-0.15, -0.1) is 0 Å². The van der Waals surface area contributed by atoms with Gasteiger partial charge < -0.3 is 10.4 Å². The lowest BCUT2D eigenvalue weighted by molar-refractivity contribution is -0.384. The highest BCUT2D eigenvalue weighted by Gasteiger charge is 2.37. The van der Waals surface area contributed by atoms with E-state index in [0.29, 0.717) is 18.0 Å². The minimum atomic E-state index is -0.766. The van der Waals surface area contributed by atoms with Crippen molar-refractivity contribution in [1.82, 2.24) is 4.90 Å². The Bertz CT molecular complexity index is 579. The third-order valence-electron chi connectivity index (χ3n) is 4.61. The van der Waals surface area contributed by atoms with E-state index in [1.807, 2.05) is 0 Å². The van der Waals surface area contributed by atoms with E-state index in [1.54, 1.807) is 12.1 Å². The van der Waals surface area contributed by atoms with Crippen LogP contribution in [0.15, 0.2) is 24.3 Å². The number of nitro groups is 1. The zero-order chi connectivity index (χ0) is 16.4. The van der Waals surface area contributed by atoms with Crippen molar-refractivity contribution in [2.24, 2.45) is 5.92 Å². The number of aliphatic carboxylic acids is 1. The summed E-state index contributed by atoms with van der Waals surface area (Å²) in [6.07, 6.45) is 4.26. The van der Waals surface area contributed by atoms with Crippen molar-refractivity contribution in [2.45, 2.75) is 37.8 Å². The second-order valence-electron chi connectivity index (χ2n) is 6.54. The number of hydrogen-bond acceptors (Lipinski definition) is 5. The van der Waals surface area contributed by atoms with Crippen LogP contribution in [-0.4, -0.2) is 46.1 Å². The Morgan fingerprint density at radius 3 is 2.48 bits per heavy atom. The molecule has 7 heteroatoms. The van der Waals surface area contributed by atoms with Crippen LogP contribution in [0.3, 0.4) is 0 Å². The largest absolute Gasteiger partial charge is 0.480 e. The molecule has 0 spiro atoms. The van der Waals surface area contributed by atoms with Gasteiger partial charge in [0.15, 0.2) is 0 Å². The highest BCUT2D eigenvalue weighted by Crippen LogP contribution is 2.34. The maximum absolute atomic E-state index is 11.0. The Kier molecular flexibility index (Phi) is 4.47. The monoisotopic (exact) mass is 319 g/mol. The van der Waals surface area contributed by atoms with Crippen LogP contribution in [0.25, 0.3) is 0 Å². The molecular weight excluding hydrogens is 298 g/mol. The molecule has 0 aromatic heterocycles. The van der Waals surface area contributed by atoms with Crippen molar-refractivity contribution in [3.8, 4) is 0 Å². The molecular formula is C16H21N3O4. The van der Waals surface area contributed by atoms with E-state index in [1.165, 1.54) is 25.0 Å². The summed E-state index contributed by atoms with van der Waals surface area (Å²) in [6.45, 7) is 1.01. The SMILES string of the molecule is O=C(O)CN(CC1CC1)C1CC(Nc2ccc([N+](=O)[O-])cc2)C1. The van der Waals surface area contributed by atoms with E-state index in [4.69, 9.17) is 5.11 Å². The molecule has 0 radical (unpaired) electrons. The average Bonchev–Trinajstić information content (AvgIpc) is 3.25.